The third kappa shape index (κ3) is 2.25. The predicted octanol–water partition coefficient (Wildman–Crippen LogP) is -0.358. The SMILES string of the molecule is CC(O)(CO)[C@H]1CC[C@@](C)(O)[C@H](O)C1. The van der Waals surface area contributed by atoms with Gasteiger partial charge in [-0.15, -0.1) is 0 Å². The van der Waals surface area contributed by atoms with Crippen LogP contribution in [-0.2, 0) is 0 Å². The maximum Gasteiger partial charge on any atom is 0.0878 e. The van der Waals surface area contributed by atoms with Crippen LogP contribution in [0.1, 0.15) is 33.1 Å². The van der Waals surface area contributed by atoms with Crippen molar-refractivity contribution >= 4 is 0 Å². The molecule has 0 spiro atoms. The Bertz CT molecular complexity index is 200. The Morgan fingerprint density at radius 2 is 2.07 bits per heavy atom. The molecule has 4 nitrogen and oxygen atoms in total. The van der Waals surface area contributed by atoms with E-state index in [-0.39, 0.29) is 12.5 Å². The van der Waals surface area contributed by atoms with E-state index in [1.165, 1.54) is 0 Å². The molecule has 0 saturated heterocycles. The van der Waals surface area contributed by atoms with E-state index in [0.717, 1.165) is 0 Å². The van der Waals surface area contributed by atoms with E-state index in [1.54, 1.807) is 13.8 Å². The summed E-state index contributed by atoms with van der Waals surface area (Å²) in [5.41, 5.74) is -2.21. The lowest BCUT2D eigenvalue weighted by Crippen LogP contribution is -2.50. The molecule has 84 valence electrons. The van der Waals surface area contributed by atoms with Crippen molar-refractivity contribution < 1.29 is 20.4 Å². The maximum atomic E-state index is 9.79. The third-order valence-electron chi connectivity index (χ3n) is 3.42. The molecule has 1 fully saturated rings. The molecule has 0 aromatic carbocycles. The van der Waals surface area contributed by atoms with Gasteiger partial charge >= 0.3 is 0 Å². The Labute approximate surface area is 84.2 Å². The van der Waals surface area contributed by atoms with E-state index in [2.05, 4.69) is 0 Å². The zero-order chi connectivity index (χ0) is 11.0. The second kappa shape index (κ2) is 3.77. The van der Waals surface area contributed by atoms with Gasteiger partial charge in [-0.05, 0) is 39.0 Å². The quantitative estimate of drug-likeness (QED) is 0.495. The monoisotopic (exact) mass is 204 g/mol. The number of aliphatic hydroxyl groups excluding tert-OH is 2. The minimum Gasteiger partial charge on any atom is -0.393 e. The lowest BCUT2D eigenvalue weighted by Gasteiger charge is -2.42. The molecule has 4 N–H and O–H groups in total. The molecule has 0 aliphatic heterocycles. The number of hydrogen-bond acceptors (Lipinski definition) is 4. The number of hydrogen-bond donors (Lipinski definition) is 4. The van der Waals surface area contributed by atoms with Gasteiger partial charge in [-0.2, -0.15) is 0 Å². The van der Waals surface area contributed by atoms with E-state index < -0.39 is 17.3 Å². The van der Waals surface area contributed by atoms with Gasteiger partial charge in [0, 0.05) is 0 Å². The molecule has 14 heavy (non-hydrogen) atoms. The first-order valence-corrected chi connectivity index (χ1v) is 5.03. The fraction of sp³-hybridized carbons (Fsp3) is 1.00. The lowest BCUT2D eigenvalue weighted by molar-refractivity contribution is -0.139. The molecular weight excluding hydrogens is 184 g/mol. The normalized spacial score (nSPS) is 43.3. The van der Waals surface area contributed by atoms with Crippen LogP contribution in [0.15, 0.2) is 0 Å². The first kappa shape index (κ1) is 11.9. The van der Waals surface area contributed by atoms with Crippen molar-refractivity contribution in [2.75, 3.05) is 6.61 Å². The molecule has 0 amide bonds. The third-order valence-corrected chi connectivity index (χ3v) is 3.42. The summed E-state index contributed by atoms with van der Waals surface area (Å²) < 4.78 is 0. The Morgan fingerprint density at radius 3 is 2.50 bits per heavy atom. The van der Waals surface area contributed by atoms with Crippen molar-refractivity contribution in [3.8, 4) is 0 Å². The van der Waals surface area contributed by atoms with Crippen LogP contribution in [0.3, 0.4) is 0 Å². The first-order valence-electron chi connectivity index (χ1n) is 5.03. The molecule has 0 radical (unpaired) electrons. The summed E-state index contributed by atoms with van der Waals surface area (Å²) in [5.74, 6) is -0.150. The van der Waals surface area contributed by atoms with Crippen molar-refractivity contribution in [3.05, 3.63) is 0 Å². The molecule has 1 saturated carbocycles. The van der Waals surface area contributed by atoms with Crippen LogP contribution in [0.25, 0.3) is 0 Å². The Hall–Kier alpha value is -0.160. The highest BCUT2D eigenvalue weighted by molar-refractivity contribution is 4.95. The largest absolute Gasteiger partial charge is 0.393 e. The Morgan fingerprint density at radius 1 is 1.50 bits per heavy atom. The average Bonchev–Trinajstić information content (AvgIpc) is 2.09. The summed E-state index contributed by atoms with van der Waals surface area (Å²) in [6.07, 6.45) is 0.590. The van der Waals surface area contributed by atoms with Crippen molar-refractivity contribution in [1.82, 2.24) is 0 Å². The minimum absolute atomic E-state index is 0.150. The van der Waals surface area contributed by atoms with Crippen molar-refractivity contribution in [3.63, 3.8) is 0 Å². The lowest BCUT2D eigenvalue weighted by atomic mass is 9.71. The van der Waals surface area contributed by atoms with Gasteiger partial charge in [-0.25, -0.2) is 0 Å². The maximum absolute atomic E-state index is 9.79. The second-order valence-electron chi connectivity index (χ2n) is 4.86. The van der Waals surface area contributed by atoms with Crippen molar-refractivity contribution in [2.45, 2.75) is 50.4 Å². The highest BCUT2D eigenvalue weighted by Gasteiger charge is 2.43. The highest BCUT2D eigenvalue weighted by atomic mass is 16.3. The zero-order valence-corrected chi connectivity index (χ0v) is 8.77. The molecule has 0 heterocycles. The van der Waals surface area contributed by atoms with E-state index in [4.69, 9.17) is 5.11 Å². The Kier molecular flexibility index (Phi) is 3.21. The smallest absolute Gasteiger partial charge is 0.0878 e. The summed E-state index contributed by atoms with van der Waals surface area (Å²) in [4.78, 5) is 0. The number of rotatable bonds is 2. The predicted molar refractivity (Wildman–Crippen MR) is 51.7 cm³/mol. The summed E-state index contributed by atoms with van der Waals surface area (Å²) in [7, 11) is 0. The van der Waals surface area contributed by atoms with E-state index in [9.17, 15) is 15.3 Å². The van der Waals surface area contributed by atoms with Gasteiger partial charge in [0.25, 0.3) is 0 Å². The molecule has 1 unspecified atom stereocenters. The summed E-state index contributed by atoms with van der Waals surface area (Å²) in [6, 6.07) is 0. The topological polar surface area (TPSA) is 80.9 Å². The van der Waals surface area contributed by atoms with Crippen LogP contribution < -0.4 is 0 Å². The fourth-order valence-electron chi connectivity index (χ4n) is 1.97. The van der Waals surface area contributed by atoms with Gasteiger partial charge in [0.15, 0.2) is 0 Å². The average molecular weight is 204 g/mol. The van der Waals surface area contributed by atoms with Crippen LogP contribution in [0.2, 0.25) is 0 Å². The molecule has 1 aliphatic rings. The summed E-state index contributed by atoms with van der Waals surface area (Å²) in [6.45, 7) is 2.85. The van der Waals surface area contributed by atoms with Gasteiger partial charge < -0.3 is 20.4 Å². The summed E-state index contributed by atoms with van der Waals surface area (Å²) in [5, 5.41) is 38.1. The van der Waals surface area contributed by atoms with E-state index >= 15 is 0 Å². The molecular formula is C10H20O4. The van der Waals surface area contributed by atoms with Crippen LogP contribution >= 0.6 is 0 Å². The van der Waals surface area contributed by atoms with Crippen LogP contribution in [0.4, 0.5) is 0 Å². The first-order chi connectivity index (χ1) is 6.29. The second-order valence-corrected chi connectivity index (χ2v) is 4.86. The number of aliphatic hydroxyl groups is 4. The van der Waals surface area contributed by atoms with Crippen molar-refractivity contribution in [1.29, 1.82) is 0 Å². The van der Waals surface area contributed by atoms with Gasteiger partial charge in [0.2, 0.25) is 0 Å². The zero-order valence-electron chi connectivity index (χ0n) is 8.77. The van der Waals surface area contributed by atoms with Gasteiger partial charge in [-0.1, -0.05) is 0 Å². The molecule has 4 heteroatoms. The molecule has 1 aliphatic carbocycles. The van der Waals surface area contributed by atoms with Gasteiger partial charge in [0.05, 0.1) is 23.9 Å². The van der Waals surface area contributed by atoms with Crippen LogP contribution in [0, 0.1) is 5.92 Å². The highest BCUT2D eigenvalue weighted by Crippen LogP contribution is 2.37. The van der Waals surface area contributed by atoms with E-state index in [0.29, 0.717) is 19.3 Å². The van der Waals surface area contributed by atoms with Crippen molar-refractivity contribution in [2.24, 2.45) is 5.92 Å². The van der Waals surface area contributed by atoms with Gasteiger partial charge in [-0.3, -0.25) is 0 Å². The molecule has 0 bridgehead atoms. The molecule has 0 aromatic heterocycles. The summed E-state index contributed by atoms with van der Waals surface area (Å²) >= 11 is 0. The Balaban J connectivity index is 2.63. The fourth-order valence-corrected chi connectivity index (χ4v) is 1.97. The van der Waals surface area contributed by atoms with Gasteiger partial charge in [0.1, 0.15) is 0 Å². The minimum atomic E-state index is -1.16. The van der Waals surface area contributed by atoms with Crippen LogP contribution in [-0.4, -0.2) is 44.3 Å². The standard InChI is InChI=1S/C10H20O4/c1-9(13)4-3-7(5-8(9)12)10(2,14)6-11/h7-8,11-14H,3-6H2,1-2H3/t7-,8+,9+,10?/m0/s1. The van der Waals surface area contributed by atoms with Crippen LogP contribution in [0.5, 0.6) is 0 Å². The molecule has 1 rings (SSSR count). The van der Waals surface area contributed by atoms with E-state index in [1.807, 2.05) is 0 Å². The molecule has 0 aromatic rings. The molecule has 4 atom stereocenters.